The summed E-state index contributed by atoms with van der Waals surface area (Å²) in [6.45, 7) is 6.68. The molecule has 0 atom stereocenters. The maximum Gasteiger partial charge on any atom is 0.234 e. The van der Waals surface area contributed by atoms with Crippen molar-refractivity contribution in [2.45, 2.75) is 37.5 Å². The largest absolute Gasteiger partial charge is 0.457 e. The number of amides is 1. The average Bonchev–Trinajstić information content (AvgIpc) is 2.85. The van der Waals surface area contributed by atoms with Crippen LogP contribution in [0.25, 0.3) is 10.8 Å². The van der Waals surface area contributed by atoms with Gasteiger partial charge in [0.2, 0.25) is 5.91 Å². The fraction of sp³-hybridized carbons (Fsp3) is 0.207. The van der Waals surface area contributed by atoms with Crippen LogP contribution in [0.3, 0.4) is 0 Å². The zero-order valence-corrected chi connectivity index (χ0v) is 23.1. The van der Waals surface area contributed by atoms with Crippen LogP contribution in [0.4, 0.5) is 5.69 Å². The lowest BCUT2D eigenvalue weighted by Crippen LogP contribution is -2.14. The van der Waals surface area contributed by atoms with Crippen LogP contribution >= 0.6 is 39.3 Å². The summed E-state index contributed by atoms with van der Waals surface area (Å²) >= 11 is 11.5. The summed E-state index contributed by atoms with van der Waals surface area (Å²) in [5.41, 5.74) is 2.16. The van der Waals surface area contributed by atoms with Crippen molar-refractivity contribution in [3.8, 4) is 11.5 Å². The molecule has 0 aromatic heterocycles. The topological polar surface area (TPSA) is 38.3 Å². The van der Waals surface area contributed by atoms with Gasteiger partial charge in [0.15, 0.2) is 0 Å². The molecule has 3 nitrogen and oxygen atoms in total. The van der Waals surface area contributed by atoms with E-state index in [1.54, 1.807) is 0 Å². The van der Waals surface area contributed by atoms with Crippen LogP contribution < -0.4 is 10.1 Å². The van der Waals surface area contributed by atoms with Gasteiger partial charge in [-0.15, -0.1) is 11.8 Å². The highest BCUT2D eigenvalue weighted by Gasteiger charge is 2.17. The van der Waals surface area contributed by atoms with E-state index < -0.39 is 0 Å². The van der Waals surface area contributed by atoms with Crippen molar-refractivity contribution in [1.29, 1.82) is 0 Å². The van der Waals surface area contributed by atoms with E-state index in [-0.39, 0.29) is 17.1 Å². The molecule has 4 rings (SSSR count). The molecule has 0 aliphatic heterocycles. The summed E-state index contributed by atoms with van der Waals surface area (Å²) in [6, 6.07) is 25.4. The fourth-order valence-corrected chi connectivity index (χ4v) is 5.36. The molecule has 0 fully saturated rings. The minimum Gasteiger partial charge on any atom is -0.457 e. The molecular weight excluding hydrogens is 542 g/mol. The van der Waals surface area contributed by atoms with Crippen LogP contribution in [0.2, 0.25) is 5.02 Å². The number of thioether (sulfide) groups is 1. The average molecular weight is 569 g/mol. The van der Waals surface area contributed by atoms with Gasteiger partial charge in [0, 0.05) is 25.5 Å². The molecular formula is C29H27BrClNO2S. The first-order valence-electron chi connectivity index (χ1n) is 11.4. The van der Waals surface area contributed by atoms with Gasteiger partial charge in [0.1, 0.15) is 11.5 Å². The first-order chi connectivity index (χ1) is 16.8. The lowest BCUT2D eigenvalue weighted by atomic mass is 9.82. The molecule has 4 aromatic rings. The zero-order valence-electron chi connectivity index (χ0n) is 19.9. The maximum atomic E-state index is 12.6. The number of halogens is 2. The first kappa shape index (κ1) is 25.6. The second-order valence-electron chi connectivity index (χ2n) is 8.93. The number of hydrogen-bond donors (Lipinski definition) is 1. The highest BCUT2D eigenvalue weighted by atomic mass is 79.9. The van der Waals surface area contributed by atoms with Gasteiger partial charge < -0.3 is 10.1 Å². The third-order valence-electron chi connectivity index (χ3n) is 6.15. The van der Waals surface area contributed by atoms with E-state index in [0.29, 0.717) is 5.02 Å². The van der Waals surface area contributed by atoms with Gasteiger partial charge in [0.05, 0.1) is 5.75 Å². The smallest absolute Gasteiger partial charge is 0.234 e. The Morgan fingerprint density at radius 3 is 2.29 bits per heavy atom. The summed E-state index contributed by atoms with van der Waals surface area (Å²) < 4.78 is 6.95. The number of anilines is 1. The summed E-state index contributed by atoms with van der Waals surface area (Å²) in [5.74, 6) is 1.70. The molecule has 1 N–H and O–H groups in total. The molecule has 35 heavy (non-hydrogen) atoms. The lowest BCUT2D eigenvalue weighted by Gasteiger charge is -2.23. The van der Waals surface area contributed by atoms with Crippen molar-refractivity contribution >= 4 is 61.7 Å². The molecule has 0 aliphatic rings. The molecule has 0 saturated heterocycles. The Morgan fingerprint density at radius 2 is 1.63 bits per heavy atom. The van der Waals surface area contributed by atoms with E-state index in [2.05, 4.69) is 54.2 Å². The second-order valence-corrected chi connectivity index (χ2v) is 11.2. The molecule has 6 heteroatoms. The molecule has 0 unspecified atom stereocenters. The van der Waals surface area contributed by atoms with Gasteiger partial charge in [-0.05, 0) is 77.4 Å². The molecule has 0 saturated carbocycles. The van der Waals surface area contributed by atoms with Gasteiger partial charge in [0.25, 0.3) is 0 Å². The Morgan fingerprint density at radius 1 is 0.971 bits per heavy atom. The predicted molar refractivity (Wildman–Crippen MR) is 152 cm³/mol. The molecule has 0 heterocycles. The van der Waals surface area contributed by atoms with Crippen molar-refractivity contribution in [2.24, 2.45) is 0 Å². The number of ether oxygens (including phenoxy) is 1. The van der Waals surface area contributed by atoms with Crippen molar-refractivity contribution < 1.29 is 9.53 Å². The molecule has 1 amide bonds. The fourth-order valence-electron chi connectivity index (χ4n) is 3.68. The minimum absolute atomic E-state index is 0.0825. The molecule has 4 aromatic carbocycles. The van der Waals surface area contributed by atoms with Gasteiger partial charge in [-0.2, -0.15) is 0 Å². The van der Waals surface area contributed by atoms with E-state index in [1.807, 2.05) is 66.7 Å². The number of fused-ring (bicyclic) bond motifs is 1. The molecule has 0 bridgehead atoms. The van der Waals surface area contributed by atoms with Gasteiger partial charge in [-0.3, -0.25) is 4.79 Å². The summed E-state index contributed by atoms with van der Waals surface area (Å²) in [6.07, 6.45) is 1.08. The number of nitrogens with one attached hydrogen (secondary N) is 1. The first-order valence-corrected chi connectivity index (χ1v) is 13.6. The van der Waals surface area contributed by atoms with Crippen LogP contribution in [-0.2, 0) is 10.2 Å². The number of carbonyl (C=O) groups excluding carboxylic acids is 1. The van der Waals surface area contributed by atoms with E-state index in [9.17, 15) is 4.79 Å². The third-order valence-corrected chi connectivity index (χ3v) is 8.21. The van der Waals surface area contributed by atoms with Gasteiger partial charge in [-0.1, -0.05) is 72.6 Å². The Hall–Kier alpha value is -2.47. The van der Waals surface area contributed by atoms with Crippen LogP contribution in [0.15, 0.2) is 88.2 Å². The zero-order chi connectivity index (χ0) is 25.0. The van der Waals surface area contributed by atoms with E-state index in [0.717, 1.165) is 43.7 Å². The van der Waals surface area contributed by atoms with Gasteiger partial charge >= 0.3 is 0 Å². The molecule has 180 valence electrons. The van der Waals surface area contributed by atoms with Crippen LogP contribution in [0, 0.1) is 0 Å². The number of rotatable bonds is 8. The molecule has 0 spiro atoms. The summed E-state index contributed by atoms with van der Waals surface area (Å²) in [4.78, 5) is 13.6. The molecule has 0 aliphatic carbocycles. The number of hydrogen-bond acceptors (Lipinski definition) is 3. The van der Waals surface area contributed by atoms with E-state index >= 15 is 0 Å². The Kier molecular flexibility index (Phi) is 8.10. The third kappa shape index (κ3) is 6.21. The van der Waals surface area contributed by atoms with Gasteiger partial charge in [-0.25, -0.2) is 0 Å². The van der Waals surface area contributed by atoms with E-state index in [1.165, 1.54) is 17.3 Å². The summed E-state index contributed by atoms with van der Waals surface area (Å²) in [5, 5.41) is 5.61. The quantitative estimate of drug-likeness (QED) is 0.215. The maximum absolute atomic E-state index is 12.6. The van der Waals surface area contributed by atoms with Crippen molar-refractivity contribution in [2.75, 3.05) is 11.1 Å². The monoisotopic (exact) mass is 567 g/mol. The Bertz CT molecular complexity index is 1340. The Labute approximate surface area is 224 Å². The van der Waals surface area contributed by atoms with Crippen molar-refractivity contribution in [1.82, 2.24) is 0 Å². The van der Waals surface area contributed by atoms with Crippen molar-refractivity contribution in [3.05, 3.63) is 93.9 Å². The Balaban J connectivity index is 1.35. The van der Waals surface area contributed by atoms with Crippen LogP contribution in [-0.4, -0.2) is 11.7 Å². The normalized spacial score (nSPS) is 11.5. The minimum atomic E-state index is -0.0825. The summed E-state index contributed by atoms with van der Waals surface area (Å²) in [7, 11) is 0. The van der Waals surface area contributed by atoms with Crippen LogP contribution in [0.5, 0.6) is 11.5 Å². The SMILES string of the molecule is CCC(C)(C)c1ccc(Oc2ccc(NC(=O)CSc3ccc(Br)c4cccc(Cl)c34)cc2)cc1. The number of carbonyl (C=O) groups is 1. The van der Waals surface area contributed by atoms with E-state index in [4.69, 9.17) is 16.3 Å². The highest BCUT2D eigenvalue weighted by Crippen LogP contribution is 2.37. The van der Waals surface area contributed by atoms with Crippen LogP contribution in [0.1, 0.15) is 32.8 Å². The predicted octanol–water partition coefficient (Wildman–Crippen LogP) is 9.47. The molecule has 0 radical (unpaired) electrons. The number of benzene rings is 4. The highest BCUT2D eigenvalue weighted by molar-refractivity contribution is 9.10. The lowest BCUT2D eigenvalue weighted by molar-refractivity contribution is -0.113. The standard InChI is InChI=1S/C29H27BrClNO2S/c1-4-29(2,3)19-8-12-21(13-9-19)34-22-14-10-20(11-15-22)32-27(33)18-35-26-17-16-24(30)23-6-5-7-25(31)28(23)26/h5-17H,4,18H2,1-3H3,(H,32,33). The van der Waals surface area contributed by atoms with Crippen molar-refractivity contribution in [3.63, 3.8) is 0 Å². The second kappa shape index (κ2) is 11.1.